The van der Waals surface area contributed by atoms with Crippen molar-refractivity contribution in [3.8, 4) is 5.75 Å². The third-order valence-electron chi connectivity index (χ3n) is 2.59. The van der Waals surface area contributed by atoms with Crippen molar-refractivity contribution in [3.63, 3.8) is 0 Å². The monoisotopic (exact) mass is 279 g/mol. The molecular formula is C14H21N3O3. The summed E-state index contributed by atoms with van der Waals surface area (Å²) >= 11 is 0. The highest BCUT2D eigenvalue weighted by atomic mass is 16.5. The van der Waals surface area contributed by atoms with Gasteiger partial charge in [-0.05, 0) is 26.0 Å². The van der Waals surface area contributed by atoms with Crippen molar-refractivity contribution in [2.24, 2.45) is 0 Å². The Hall–Kier alpha value is -2.24. The van der Waals surface area contributed by atoms with Gasteiger partial charge in [0.05, 0.1) is 7.11 Å². The molecule has 110 valence electrons. The molecule has 0 unspecified atom stereocenters. The van der Waals surface area contributed by atoms with Crippen LogP contribution in [0.3, 0.4) is 0 Å². The molecule has 0 bridgehead atoms. The number of amides is 2. The number of hydrogen-bond donors (Lipinski definition) is 3. The summed E-state index contributed by atoms with van der Waals surface area (Å²) < 4.78 is 5.11. The van der Waals surface area contributed by atoms with Crippen molar-refractivity contribution in [2.75, 3.05) is 19.4 Å². The minimum absolute atomic E-state index is 0.0862. The second kappa shape index (κ2) is 7.37. The maximum Gasteiger partial charge on any atom is 0.257 e. The maximum absolute atomic E-state index is 12.0. The SMILES string of the molecule is COc1cccc(N)c1C(=O)NCCC(=O)NC(C)C. The summed E-state index contributed by atoms with van der Waals surface area (Å²) in [6.07, 6.45) is 0.221. The highest BCUT2D eigenvalue weighted by Gasteiger charge is 2.15. The molecule has 0 fully saturated rings. The van der Waals surface area contributed by atoms with Crippen molar-refractivity contribution in [3.05, 3.63) is 23.8 Å². The Bertz CT molecular complexity index is 487. The lowest BCUT2D eigenvalue weighted by molar-refractivity contribution is -0.121. The molecule has 2 amide bonds. The van der Waals surface area contributed by atoms with Crippen LogP contribution in [0.15, 0.2) is 18.2 Å². The van der Waals surface area contributed by atoms with E-state index >= 15 is 0 Å². The molecule has 0 aliphatic carbocycles. The number of methoxy groups -OCH3 is 1. The normalized spacial score (nSPS) is 10.2. The topological polar surface area (TPSA) is 93.4 Å². The number of hydrogen-bond acceptors (Lipinski definition) is 4. The molecule has 0 radical (unpaired) electrons. The van der Waals surface area contributed by atoms with Gasteiger partial charge in [-0.25, -0.2) is 0 Å². The average Bonchev–Trinajstić information content (AvgIpc) is 2.37. The van der Waals surface area contributed by atoms with Crippen molar-refractivity contribution < 1.29 is 14.3 Å². The van der Waals surface area contributed by atoms with Gasteiger partial charge in [-0.2, -0.15) is 0 Å². The van der Waals surface area contributed by atoms with Crippen LogP contribution in [0.25, 0.3) is 0 Å². The zero-order chi connectivity index (χ0) is 15.1. The highest BCUT2D eigenvalue weighted by molar-refractivity contribution is 6.02. The van der Waals surface area contributed by atoms with E-state index in [0.717, 1.165) is 0 Å². The molecule has 0 aliphatic heterocycles. The van der Waals surface area contributed by atoms with Crippen molar-refractivity contribution in [2.45, 2.75) is 26.3 Å². The van der Waals surface area contributed by atoms with Crippen LogP contribution in [0.1, 0.15) is 30.6 Å². The lowest BCUT2D eigenvalue weighted by Gasteiger charge is -2.12. The van der Waals surface area contributed by atoms with Crippen LogP contribution in [0.5, 0.6) is 5.75 Å². The Labute approximate surface area is 118 Å². The van der Waals surface area contributed by atoms with Gasteiger partial charge in [0.25, 0.3) is 5.91 Å². The number of nitrogen functional groups attached to an aromatic ring is 1. The van der Waals surface area contributed by atoms with E-state index in [1.54, 1.807) is 18.2 Å². The molecule has 6 nitrogen and oxygen atoms in total. The number of anilines is 1. The van der Waals surface area contributed by atoms with Gasteiger partial charge < -0.3 is 21.1 Å². The Morgan fingerprint density at radius 2 is 2.05 bits per heavy atom. The number of ether oxygens (including phenoxy) is 1. The summed E-state index contributed by atoms with van der Waals surface area (Å²) in [6.45, 7) is 4.01. The fraction of sp³-hybridized carbons (Fsp3) is 0.429. The number of nitrogens with one attached hydrogen (secondary N) is 2. The molecule has 20 heavy (non-hydrogen) atoms. The van der Waals surface area contributed by atoms with Gasteiger partial charge in [-0.3, -0.25) is 9.59 Å². The van der Waals surface area contributed by atoms with Crippen LogP contribution >= 0.6 is 0 Å². The first-order chi connectivity index (χ1) is 9.45. The van der Waals surface area contributed by atoms with Gasteiger partial charge in [0.15, 0.2) is 0 Å². The van der Waals surface area contributed by atoms with Crippen molar-refractivity contribution >= 4 is 17.5 Å². The van der Waals surface area contributed by atoms with E-state index in [4.69, 9.17) is 10.5 Å². The molecule has 0 saturated carbocycles. The minimum Gasteiger partial charge on any atom is -0.496 e. The van der Waals surface area contributed by atoms with Crippen LogP contribution in [0.4, 0.5) is 5.69 Å². The highest BCUT2D eigenvalue weighted by Crippen LogP contribution is 2.23. The molecule has 0 aliphatic rings. The molecule has 0 heterocycles. The summed E-state index contributed by atoms with van der Waals surface area (Å²) in [5, 5.41) is 5.41. The van der Waals surface area contributed by atoms with E-state index in [1.807, 2.05) is 13.8 Å². The Balaban J connectivity index is 2.58. The standard InChI is InChI=1S/C14H21N3O3/c1-9(2)17-12(18)7-8-16-14(19)13-10(15)5-4-6-11(13)20-3/h4-6,9H,7-8,15H2,1-3H3,(H,16,19)(H,17,18). The van der Waals surface area contributed by atoms with Gasteiger partial charge in [-0.1, -0.05) is 6.07 Å². The summed E-state index contributed by atoms with van der Waals surface area (Å²) in [4.78, 5) is 23.5. The summed E-state index contributed by atoms with van der Waals surface area (Å²) in [5.74, 6) is -0.0419. The maximum atomic E-state index is 12.0. The first-order valence-electron chi connectivity index (χ1n) is 6.45. The lowest BCUT2D eigenvalue weighted by atomic mass is 10.1. The fourth-order valence-corrected chi connectivity index (χ4v) is 1.73. The van der Waals surface area contributed by atoms with Crippen LogP contribution in [-0.4, -0.2) is 31.5 Å². The number of carbonyl (C=O) groups is 2. The third-order valence-corrected chi connectivity index (χ3v) is 2.59. The Morgan fingerprint density at radius 1 is 1.35 bits per heavy atom. The second-order valence-electron chi connectivity index (χ2n) is 4.65. The first-order valence-corrected chi connectivity index (χ1v) is 6.45. The number of rotatable bonds is 6. The van der Waals surface area contributed by atoms with Gasteiger partial charge >= 0.3 is 0 Å². The van der Waals surface area contributed by atoms with E-state index < -0.39 is 0 Å². The summed E-state index contributed by atoms with van der Waals surface area (Å²) in [7, 11) is 1.47. The predicted molar refractivity (Wildman–Crippen MR) is 77.6 cm³/mol. The number of benzene rings is 1. The van der Waals surface area contributed by atoms with Crippen LogP contribution in [0.2, 0.25) is 0 Å². The lowest BCUT2D eigenvalue weighted by Crippen LogP contribution is -2.34. The quantitative estimate of drug-likeness (QED) is 0.675. The summed E-state index contributed by atoms with van der Waals surface area (Å²) in [5.41, 5.74) is 6.41. The second-order valence-corrected chi connectivity index (χ2v) is 4.65. The molecule has 1 aromatic rings. The van der Waals surface area contributed by atoms with Gasteiger partial charge in [-0.15, -0.1) is 0 Å². The Kier molecular flexibility index (Phi) is 5.83. The van der Waals surface area contributed by atoms with E-state index in [-0.39, 0.29) is 30.8 Å². The van der Waals surface area contributed by atoms with E-state index in [2.05, 4.69) is 10.6 Å². The average molecular weight is 279 g/mol. The number of carbonyl (C=O) groups excluding carboxylic acids is 2. The molecule has 0 atom stereocenters. The van der Waals surface area contributed by atoms with Crippen LogP contribution in [-0.2, 0) is 4.79 Å². The van der Waals surface area contributed by atoms with E-state index in [1.165, 1.54) is 7.11 Å². The molecule has 0 saturated heterocycles. The predicted octanol–water partition coefficient (Wildman–Crippen LogP) is 0.922. The van der Waals surface area contributed by atoms with Crippen LogP contribution in [0, 0.1) is 0 Å². The van der Waals surface area contributed by atoms with Gasteiger partial charge in [0.1, 0.15) is 11.3 Å². The molecule has 6 heteroatoms. The van der Waals surface area contributed by atoms with E-state index in [0.29, 0.717) is 17.0 Å². The zero-order valence-corrected chi connectivity index (χ0v) is 12.0. The van der Waals surface area contributed by atoms with Gasteiger partial charge in [0.2, 0.25) is 5.91 Å². The van der Waals surface area contributed by atoms with Crippen molar-refractivity contribution in [1.82, 2.24) is 10.6 Å². The molecule has 1 rings (SSSR count). The molecule has 4 N–H and O–H groups in total. The minimum atomic E-state index is -0.350. The largest absolute Gasteiger partial charge is 0.496 e. The molecular weight excluding hydrogens is 258 g/mol. The third kappa shape index (κ3) is 4.46. The van der Waals surface area contributed by atoms with Crippen LogP contribution < -0.4 is 21.1 Å². The summed E-state index contributed by atoms with van der Waals surface area (Å²) in [6, 6.07) is 5.09. The fourth-order valence-electron chi connectivity index (χ4n) is 1.73. The molecule has 0 aromatic heterocycles. The smallest absolute Gasteiger partial charge is 0.257 e. The van der Waals surface area contributed by atoms with Gasteiger partial charge in [0, 0.05) is 24.7 Å². The molecule has 0 spiro atoms. The first kappa shape index (κ1) is 15.8. The zero-order valence-electron chi connectivity index (χ0n) is 12.0. The van der Waals surface area contributed by atoms with E-state index in [9.17, 15) is 9.59 Å². The van der Waals surface area contributed by atoms with Crippen molar-refractivity contribution in [1.29, 1.82) is 0 Å². The molecule has 1 aromatic carbocycles. The number of nitrogens with two attached hydrogens (primary N) is 1. The Morgan fingerprint density at radius 3 is 2.65 bits per heavy atom.